The zero-order chi connectivity index (χ0) is 31.8. The molecule has 0 spiro atoms. The maximum Gasteiger partial charge on any atom is 0.335 e. The fraction of sp³-hybridized carbons (Fsp3) is 0.143. The molecule has 1 atom stereocenters. The third-order valence-corrected chi connectivity index (χ3v) is 8.91. The second kappa shape index (κ2) is 12.2. The largest absolute Gasteiger partial charge is 0.478 e. The number of carboxylic acids is 1. The number of aromatic nitrogens is 1. The Morgan fingerprint density at radius 3 is 2.47 bits per heavy atom. The molecular weight excluding hydrogens is 610 g/mol. The predicted octanol–water partition coefficient (Wildman–Crippen LogP) is 6.61. The highest BCUT2D eigenvalue weighted by molar-refractivity contribution is 7.07. The number of nitrogens with one attached hydrogen (secondary N) is 1. The third-order valence-electron chi connectivity index (χ3n) is 7.60. The Bertz CT molecular complexity index is 2160. The predicted molar refractivity (Wildman–Crippen MR) is 175 cm³/mol. The van der Waals surface area contributed by atoms with Gasteiger partial charge < -0.3 is 14.8 Å². The van der Waals surface area contributed by atoms with Gasteiger partial charge in [-0.15, -0.1) is 0 Å². The lowest BCUT2D eigenvalue weighted by atomic mass is 9.93. The molecule has 0 saturated carbocycles. The number of aromatic carboxylic acids is 1. The molecule has 3 heterocycles. The number of hydrogen-bond donors (Lipinski definition) is 2. The molecule has 0 saturated heterocycles. The van der Waals surface area contributed by atoms with Crippen LogP contribution >= 0.6 is 22.9 Å². The van der Waals surface area contributed by atoms with Gasteiger partial charge in [-0.25, -0.2) is 9.79 Å². The molecule has 0 aliphatic carbocycles. The number of allylic oxidation sites excluding steroid dienone is 1. The van der Waals surface area contributed by atoms with Crippen molar-refractivity contribution in [2.24, 2.45) is 4.99 Å². The number of furan rings is 1. The first-order valence-corrected chi connectivity index (χ1v) is 15.4. The molecule has 8 nitrogen and oxygen atoms in total. The summed E-state index contributed by atoms with van der Waals surface area (Å²) in [7, 11) is 0. The standard InChI is InChI=1S/C35H28ClN3O5S/c1-19(2)21-9-11-22(12-10-21)31-30(32(40)38-24-7-5-4-6-8-24)20(3)37-35-39(31)33(41)29(45-35)18-25-14-16-28(44-25)26-17-23(34(42)43)13-15-27(26)36/h4-19,31H,1-3H3,(H,38,40)(H,42,43)/b29-18-/t31-/m0/s1. The number of anilines is 1. The van der Waals surface area contributed by atoms with Crippen LogP contribution in [-0.4, -0.2) is 21.6 Å². The lowest BCUT2D eigenvalue weighted by Gasteiger charge is -2.25. The molecule has 0 bridgehead atoms. The van der Waals surface area contributed by atoms with E-state index in [1.807, 2.05) is 42.5 Å². The minimum absolute atomic E-state index is 0.0737. The van der Waals surface area contributed by atoms with Crippen molar-refractivity contribution in [2.75, 3.05) is 5.32 Å². The van der Waals surface area contributed by atoms with Gasteiger partial charge >= 0.3 is 5.97 Å². The molecular formula is C35H28ClN3O5S. The number of fused-ring (bicyclic) bond motifs is 1. The van der Waals surface area contributed by atoms with Crippen LogP contribution in [0.2, 0.25) is 5.02 Å². The Balaban J connectivity index is 1.45. The number of amides is 1. The molecule has 2 aromatic heterocycles. The van der Waals surface area contributed by atoms with Gasteiger partial charge in [0.15, 0.2) is 4.80 Å². The number of nitrogens with zero attached hydrogens (tertiary/aromatic N) is 2. The molecule has 45 heavy (non-hydrogen) atoms. The van der Waals surface area contributed by atoms with Crippen LogP contribution in [0.25, 0.3) is 17.4 Å². The summed E-state index contributed by atoms with van der Waals surface area (Å²) in [6.45, 7) is 6.00. The molecule has 0 fully saturated rings. The molecule has 5 aromatic rings. The Morgan fingerprint density at radius 2 is 1.78 bits per heavy atom. The lowest BCUT2D eigenvalue weighted by Crippen LogP contribution is -2.40. The zero-order valence-electron chi connectivity index (χ0n) is 24.6. The molecule has 0 unspecified atom stereocenters. The maximum absolute atomic E-state index is 14.1. The van der Waals surface area contributed by atoms with Crippen molar-refractivity contribution >= 4 is 46.6 Å². The average molecular weight is 638 g/mol. The summed E-state index contributed by atoms with van der Waals surface area (Å²) in [5.41, 5.74) is 3.63. The summed E-state index contributed by atoms with van der Waals surface area (Å²) in [6.07, 6.45) is 1.62. The Morgan fingerprint density at radius 1 is 1.04 bits per heavy atom. The van der Waals surface area contributed by atoms with E-state index < -0.39 is 12.0 Å². The lowest BCUT2D eigenvalue weighted by molar-refractivity contribution is -0.113. The minimum atomic E-state index is -1.08. The number of rotatable bonds is 7. The van der Waals surface area contributed by atoms with E-state index in [1.165, 1.54) is 29.5 Å². The SMILES string of the molecule is CC1=C(C(=O)Nc2ccccc2)[C@H](c2ccc(C(C)C)cc2)n2c(s/c(=C\c3ccc(-c4cc(C(=O)O)ccc4Cl)o3)c2=O)=N1. The van der Waals surface area contributed by atoms with Crippen molar-refractivity contribution in [1.29, 1.82) is 0 Å². The zero-order valence-corrected chi connectivity index (χ0v) is 26.1. The van der Waals surface area contributed by atoms with Gasteiger partial charge in [-0.1, -0.05) is 79.2 Å². The van der Waals surface area contributed by atoms with Crippen LogP contribution in [0.1, 0.15) is 60.0 Å². The van der Waals surface area contributed by atoms with Gasteiger partial charge in [-0.05, 0) is 66.4 Å². The maximum atomic E-state index is 14.1. The van der Waals surface area contributed by atoms with E-state index in [9.17, 15) is 19.5 Å². The van der Waals surface area contributed by atoms with Gasteiger partial charge in [0.1, 0.15) is 11.5 Å². The first-order valence-electron chi connectivity index (χ1n) is 14.2. The number of para-hydroxylation sites is 1. The van der Waals surface area contributed by atoms with E-state index in [0.717, 1.165) is 11.1 Å². The van der Waals surface area contributed by atoms with Gasteiger partial charge in [0.2, 0.25) is 0 Å². The number of carbonyl (C=O) groups is 2. The van der Waals surface area contributed by atoms with E-state index in [-0.39, 0.29) is 17.0 Å². The summed E-state index contributed by atoms with van der Waals surface area (Å²) in [4.78, 5) is 44.5. The normalized spacial score (nSPS) is 14.8. The molecule has 1 amide bonds. The van der Waals surface area contributed by atoms with Crippen molar-refractivity contribution in [3.8, 4) is 11.3 Å². The monoisotopic (exact) mass is 637 g/mol. The summed E-state index contributed by atoms with van der Waals surface area (Å²) in [5, 5.41) is 12.7. The fourth-order valence-corrected chi connectivity index (χ4v) is 6.50. The van der Waals surface area contributed by atoms with E-state index in [4.69, 9.17) is 21.0 Å². The van der Waals surface area contributed by atoms with Crippen molar-refractivity contribution in [3.63, 3.8) is 0 Å². The van der Waals surface area contributed by atoms with Crippen LogP contribution < -0.4 is 20.2 Å². The van der Waals surface area contributed by atoms with Crippen LogP contribution in [0.15, 0.2) is 110 Å². The highest BCUT2D eigenvalue weighted by Gasteiger charge is 2.32. The second-order valence-electron chi connectivity index (χ2n) is 10.9. The van der Waals surface area contributed by atoms with Crippen molar-refractivity contribution in [1.82, 2.24) is 4.57 Å². The van der Waals surface area contributed by atoms with Crippen molar-refractivity contribution < 1.29 is 19.1 Å². The van der Waals surface area contributed by atoms with Crippen LogP contribution in [-0.2, 0) is 4.79 Å². The minimum Gasteiger partial charge on any atom is -0.478 e. The highest BCUT2D eigenvalue weighted by atomic mass is 35.5. The summed E-state index contributed by atoms with van der Waals surface area (Å²) in [6, 6.07) is 24.1. The molecule has 226 valence electrons. The number of halogens is 1. The molecule has 1 aliphatic heterocycles. The first-order chi connectivity index (χ1) is 21.6. The fourth-order valence-electron chi connectivity index (χ4n) is 5.26. The Hall–Kier alpha value is -4.99. The van der Waals surface area contributed by atoms with E-state index in [1.54, 1.807) is 41.8 Å². The molecule has 3 aromatic carbocycles. The van der Waals surface area contributed by atoms with Crippen LogP contribution in [0, 0.1) is 0 Å². The Kier molecular flexibility index (Phi) is 8.14. The number of carbonyl (C=O) groups excluding carboxylic acids is 1. The van der Waals surface area contributed by atoms with Gasteiger partial charge in [-0.2, -0.15) is 0 Å². The number of benzene rings is 3. The topological polar surface area (TPSA) is 114 Å². The van der Waals surface area contributed by atoms with Crippen molar-refractivity contribution in [3.05, 3.63) is 143 Å². The van der Waals surface area contributed by atoms with Gasteiger partial charge in [0.05, 0.1) is 32.4 Å². The molecule has 1 aliphatic rings. The smallest absolute Gasteiger partial charge is 0.335 e. The number of thiazole rings is 1. The summed E-state index contributed by atoms with van der Waals surface area (Å²) < 4.78 is 7.91. The number of carboxylic acid groups (broad SMARTS) is 1. The van der Waals surface area contributed by atoms with Crippen LogP contribution in [0.4, 0.5) is 5.69 Å². The van der Waals surface area contributed by atoms with E-state index in [2.05, 4.69) is 19.2 Å². The van der Waals surface area contributed by atoms with E-state index in [0.29, 0.717) is 54.3 Å². The Labute approximate surface area is 267 Å². The quantitative estimate of drug-likeness (QED) is 0.209. The number of hydrogen-bond acceptors (Lipinski definition) is 6. The third kappa shape index (κ3) is 5.92. The molecule has 0 radical (unpaired) electrons. The van der Waals surface area contributed by atoms with Gasteiger partial charge in [0, 0.05) is 17.3 Å². The summed E-state index contributed by atoms with van der Waals surface area (Å²) in [5.74, 6) is -0.366. The van der Waals surface area contributed by atoms with E-state index >= 15 is 0 Å². The highest BCUT2D eigenvalue weighted by Crippen LogP contribution is 2.33. The van der Waals surface area contributed by atoms with Crippen LogP contribution in [0.5, 0.6) is 0 Å². The molecule has 6 rings (SSSR count). The molecule has 2 N–H and O–H groups in total. The second-order valence-corrected chi connectivity index (χ2v) is 12.3. The summed E-state index contributed by atoms with van der Waals surface area (Å²) >= 11 is 7.54. The first kappa shape index (κ1) is 30.1. The molecule has 10 heteroatoms. The van der Waals surface area contributed by atoms with Crippen molar-refractivity contribution in [2.45, 2.75) is 32.7 Å². The van der Waals surface area contributed by atoms with Gasteiger partial charge in [-0.3, -0.25) is 14.2 Å². The van der Waals surface area contributed by atoms with Gasteiger partial charge in [0.25, 0.3) is 11.5 Å². The van der Waals surface area contributed by atoms with Crippen LogP contribution in [0.3, 0.4) is 0 Å². The average Bonchev–Trinajstić information content (AvgIpc) is 3.60.